The van der Waals surface area contributed by atoms with Crippen LogP contribution in [0.3, 0.4) is 0 Å². The lowest BCUT2D eigenvalue weighted by molar-refractivity contribution is -0.114. The van der Waals surface area contributed by atoms with Gasteiger partial charge in [-0.05, 0) is 30.7 Å². The summed E-state index contributed by atoms with van der Waals surface area (Å²) in [4.78, 5) is 34.5. The summed E-state index contributed by atoms with van der Waals surface area (Å²) in [5.74, 6) is 0.327. The van der Waals surface area contributed by atoms with Gasteiger partial charge < -0.3 is 15.4 Å². The Bertz CT molecular complexity index is 1020. The monoisotopic (exact) mass is 416 g/mol. The van der Waals surface area contributed by atoms with Crippen LogP contribution in [0.2, 0.25) is 0 Å². The molecular weight excluding hydrogens is 396 g/mol. The number of hydrogen-bond donors (Lipinski definition) is 2. The summed E-state index contributed by atoms with van der Waals surface area (Å²) in [7, 11) is 1.53. The van der Waals surface area contributed by atoms with Crippen LogP contribution < -0.4 is 15.4 Å². The molecule has 0 atom stereocenters. The summed E-state index contributed by atoms with van der Waals surface area (Å²) < 4.78 is 5.29. The topological polar surface area (TPSA) is 93.2 Å². The standard InChI is InChI=1S/C19H20N4O3S2/c1-4-13-8-14-18(20-10-21-19(14)28-13)27-9-17(25)23-15-7-12(22-11(2)24)5-6-16(15)26-3/h5-8,10H,4,9H2,1-3H3,(H,22,24)(H,23,25). The number of aromatic nitrogens is 2. The molecule has 2 aromatic heterocycles. The van der Waals surface area contributed by atoms with E-state index in [0.29, 0.717) is 17.1 Å². The fourth-order valence-electron chi connectivity index (χ4n) is 2.58. The van der Waals surface area contributed by atoms with Crippen molar-refractivity contribution in [1.82, 2.24) is 9.97 Å². The number of nitrogens with one attached hydrogen (secondary N) is 2. The number of rotatable bonds is 7. The SMILES string of the molecule is CCc1cc2c(SCC(=O)Nc3cc(NC(C)=O)ccc3OC)ncnc2s1. The summed E-state index contributed by atoms with van der Waals surface area (Å²) in [5, 5.41) is 7.29. The average molecular weight is 417 g/mol. The van der Waals surface area contributed by atoms with Crippen molar-refractivity contribution < 1.29 is 14.3 Å². The highest BCUT2D eigenvalue weighted by atomic mass is 32.2. The fourth-order valence-corrected chi connectivity index (χ4v) is 4.35. The second-order valence-corrected chi connectivity index (χ2v) is 7.98. The van der Waals surface area contributed by atoms with Crippen LogP contribution in [0.5, 0.6) is 5.75 Å². The lowest BCUT2D eigenvalue weighted by Gasteiger charge is -2.12. The third kappa shape index (κ3) is 4.79. The Hall–Kier alpha value is -2.65. The fraction of sp³-hybridized carbons (Fsp3) is 0.263. The number of amides is 2. The average Bonchev–Trinajstić information content (AvgIpc) is 3.10. The number of nitrogens with zero attached hydrogens (tertiary/aromatic N) is 2. The van der Waals surface area contributed by atoms with Gasteiger partial charge in [0.2, 0.25) is 11.8 Å². The number of anilines is 2. The molecule has 9 heteroatoms. The normalized spacial score (nSPS) is 10.7. The van der Waals surface area contributed by atoms with E-state index in [9.17, 15) is 9.59 Å². The van der Waals surface area contributed by atoms with Gasteiger partial charge in [0.15, 0.2) is 0 Å². The first-order valence-electron chi connectivity index (χ1n) is 8.61. The molecule has 3 aromatic rings. The molecule has 0 spiro atoms. The number of methoxy groups -OCH3 is 1. The summed E-state index contributed by atoms with van der Waals surface area (Å²) in [6, 6.07) is 7.15. The van der Waals surface area contributed by atoms with E-state index in [1.165, 1.54) is 37.0 Å². The van der Waals surface area contributed by atoms with E-state index in [0.717, 1.165) is 21.7 Å². The molecule has 0 radical (unpaired) electrons. The van der Waals surface area contributed by atoms with Gasteiger partial charge in [-0.15, -0.1) is 11.3 Å². The molecule has 0 aliphatic rings. The Morgan fingerprint density at radius 1 is 1.21 bits per heavy atom. The van der Waals surface area contributed by atoms with Crippen molar-refractivity contribution in [1.29, 1.82) is 0 Å². The molecule has 146 valence electrons. The largest absolute Gasteiger partial charge is 0.495 e. The van der Waals surface area contributed by atoms with Crippen molar-refractivity contribution in [2.75, 3.05) is 23.5 Å². The maximum atomic E-state index is 12.5. The van der Waals surface area contributed by atoms with Gasteiger partial charge in [-0.25, -0.2) is 9.97 Å². The molecule has 1 aromatic carbocycles. The van der Waals surface area contributed by atoms with E-state index in [1.807, 2.05) is 0 Å². The highest BCUT2D eigenvalue weighted by Gasteiger charge is 2.13. The first-order chi connectivity index (χ1) is 13.5. The Balaban J connectivity index is 1.71. The highest BCUT2D eigenvalue weighted by molar-refractivity contribution is 8.00. The zero-order chi connectivity index (χ0) is 20.1. The van der Waals surface area contributed by atoms with Crippen molar-refractivity contribution in [3.63, 3.8) is 0 Å². The molecule has 0 fully saturated rings. The van der Waals surface area contributed by atoms with E-state index in [-0.39, 0.29) is 17.6 Å². The molecule has 0 saturated carbocycles. The maximum absolute atomic E-state index is 12.5. The molecule has 0 bridgehead atoms. The van der Waals surface area contributed by atoms with E-state index in [1.54, 1.807) is 29.5 Å². The molecule has 0 unspecified atom stereocenters. The third-order valence-electron chi connectivity index (χ3n) is 3.83. The van der Waals surface area contributed by atoms with E-state index in [2.05, 4.69) is 33.6 Å². The van der Waals surface area contributed by atoms with Crippen LogP contribution in [0.15, 0.2) is 35.6 Å². The van der Waals surface area contributed by atoms with Crippen LogP contribution in [-0.4, -0.2) is 34.6 Å². The number of carbonyl (C=O) groups excluding carboxylic acids is 2. The summed E-state index contributed by atoms with van der Waals surface area (Å²) in [5.41, 5.74) is 1.08. The minimum atomic E-state index is -0.194. The van der Waals surface area contributed by atoms with E-state index < -0.39 is 0 Å². The second kappa shape index (κ2) is 9.03. The predicted octanol–water partition coefficient (Wildman–Crippen LogP) is 3.95. The predicted molar refractivity (Wildman–Crippen MR) is 113 cm³/mol. The zero-order valence-electron chi connectivity index (χ0n) is 15.7. The quantitative estimate of drug-likeness (QED) is 0.447. The molecule has 0 aliphatic carbocycles. The van der Waals surface area contributed by atoms with Gasteiger partial charge in [0.05, 0.1) is 18.6 Å². The number of thioether (sulfide) groups is 1. The third-order valence-corrected chi connectivity index (χ3v) is 6.02. The number of fused-ring (bicyclic) bond motifs is 1. The number of thiophene rings is 1. The summed E-state index contributed by atoms with van der Waals surface area (Å²) >= 11 is 3.01. The Labute approximate surface area is 170 Å². The van der Waals surface area contributed by atoms with Crippen LogP contribution in [0, 0.1) is 0 Å². The number of benzene rings is 1. The number of ether oxygens (including phenoxy) is 1. The van der Waals surface area contributed by atoms with Crippen molar-refractivity contribution in [3.8, 4) is 5.75 Å². The minimum Gasteiger partial charge on any atom is -0.495 e. The van der Waals surface area contributed by atoms with Crippen LogP contribution in [0.25, 0.3) is 10.2 Å². The number of aryl methyl sites for hydroxylation is 1. The first kappa shape index (κ1) is 20.1. The van der Waals surface area contributed by atoms with Crippen molar-refractivity contribution in [2.45, 2.75) is 25.3 Å². The molecule has 3 rings (SSSR count). The molecule has 28 heavy (non-hydrogen) atoms. The minimum absolute atomic E-state index is 0.187. The molecule has 7 nitrogen and oxygen atoms in total. The van der Waals surface area contributed by atoms with Crippen LogP contribution in [0.1, 0.15) is 18.7 Å². The molecule has 2 N–H and O–H groups in total. The van der Waals surface area contributed by atoms with Crippen LogP contribution in [-0.2, 0) is 16.0 Å². The Kier molecular flexibility index (Phi) is 6.48. The van der Waals surface area contributed by atoms with Crippen LogP contribution >= 0.6 is 23.1 Å². The Morgan fingerprint density at radius 3 is 2.75 bits per heavy atom. The second-order valence-electron chi connectivity index (χ2n) is 5.90. The van der Waals surface area contributed by atoms with Gasteiger partial charge in [-0.2, -0.15) is 0 Å². The molecular formula is C19H20N4O3S2. The summed E-state index contributed by atoms with van der Waals surface area (Å²) in [6.45, 7) is 3.52. The molecule has 2 heterocycles. The van der Waals surface area contributed by atoms with Gasteiger partial charge in [-0.1, -0.05) is 18.7 Å². The first-order valence-corrected chi connectivity index (χ1v) is 10.4. The van der Waals surface area contributed by atoms with Gasteiger partial charge in [0.25, 0.3) is 0 Å². The maximum Gasteiger partial charge on any atom is 0.234 e. The summed E-state index contributed by atoms with van der Waals surface area (Å²) in [6.07, 6.45) is 2.47. The van der Waals surface area contributed by atoms with Crippen LogP contribution in [0.4, 0.5) is 11.4 Å². The van der Waals surface area contributed by atoms with Crippen molar-refractivity contribution in [3.05, 3.63) is 35.5 Å². The number of carbonyl (C=O) groups is 2. The highest BCUT2D eigenvalue weighted by Crippen LogP contribution is 2.32. The van der Waals surface area contributed by atoms with Gasteiger partial charge in [0.1, 0.15) is 21.9 Å². The molecule has 0 aliphatic heterocycles. The van der Waals surface area contributed by atoms with Crippen molar-refractivity contribution >= 4 is 56.5 Å². The lowest BCUT2D eigenvalue weighted by Crippen LogP contribution is -2.15. The van der Waals surface area contributed by atoms with E-state index >= 15 is 0 Å². The number of hydrogen-bond acceptors (Lipinski definition) is 7. The lowest BCUT2D eigenvalue weighted by atomic mass is 10.2. The van der Waals surface area contributed by atoms with Gasteiger partial charge >= 0.3 is 0 Å². The van der Waals surface area contributed by atoms with Gasteiger partial charge in [0, 0.05) is 22.9 Å². The Morgan fingerprint density at radius 2 is 2.04 bits per heavy atom. The smallest absolute Gasteiger partial charge is 0.234 e. The van der Waals surface area contributed by atoms with E-state index in [4.69, 9.17) is 4.74 Å². The zero-order valence-corrected chi connectivity index (χ0v) is 17.4. The molecule has 0 saturated heterocycles. The van der Waals surface area contributed by atoms with Gasteiger partial charge in [-0.3, -0.25) is 9.59 Å². The van der Waals surface area contributed by atoms with Crippen molar-refractivity contribution in [2.24, 2.45) is 0 Å². The molecule has 2 amide bonds.